The highest BCUT2D eigenvalue weighted by molar-refractivity contribution is 7.92. The largest absolute Gasteiger partial charge is 0.276 e. The molecular weight excluding hydrogens is 286 g/mol. The molecule has 0 saturated heterocycles. The summed E-state index contributed by atoms with van der Waals surface area (Å²) in [6, 6.07) is 14.2. The molecule has 0 aliphatic carbocycles. The van der Waals surface area contributed by atoms with Gasteiger partial charge in [-0.2, -0.15) is 5.10 Å². The van der Waals surface area contributed by atoms with Crippen LogP contribution in [0.4, 0.5) is 5.82 Å². The minimum atomic E-state index is -3.63. The van der Waals surface area contributed by atoms with Crippen LogP contribution in [-0.2, 0) is 16.4 Å². The zero-order chi connectivity index (χ0) is 14.9. The van der Waals surface area contributed by atoms with Crippen LogP contribution in [0.3, 0.4) is 0 Å². The number of nitrogens with one attached hydrogen (secondary N) is 2. The molecule has 0 bridgehead atoms. The van der Waals surface area contributed by atoms with Crippen molar-refractivity contribution in [2.24, 2.45) is 0 Å². The number of H-pyrrole nitrogens is 1. The Bertz CT molecular complexity index is 867. The Labute approximate surface area is 123 Å². The van der Waals surface area contributed by atoms with Crippen molar-refractivity contribution in [2.75, 3.05) is 4.72 Å². The summed E-state index contributed by atoms with van der Waals surface area (Å²) in [6.45, 7) is 2.03. The van der Waals surface area contributed by atoms with Crippen molar-refractivity contribution in [3.8, 4) is 0 Å². The maximum atomic E-state index is 12.4. The average molecular weight is 301 g/mol. The Morgan fingerprint density at radius 1 is 1.10 bits per heavy atom. The number of sulfonamides is 1. The van der Waals surface area contributed by atoms with E-state index >= 15 is 0 Å². The normalized spacial score (nSPS) is 11.7. The Balaban J connectivity index is 1.95. The van der Waals surface area contributed by atoms with E-state index in [4.69, 9.17) is 0 Å². The maximum Gasteiger partial charge on any atom is 0.263 e. The number of anilines is 1. The van der Waals surface area contributed by atoms with E-state index in [9.17, 15) is 8.42 Å². The lowest BCUT2D eigenvalue weighted by atomic mass is 10.2. The van der Waals surface area contributed by atoms with Crippen LogP contribution in [0.2, 0.25) is 0 Å². The van der Waals surface area contributed by atoms with E-state index in [0.717, 1.165) is 22.9 Å². The highest BCUT2D eigenvalue weighted by Gasteiger charge is 2.17. The molecule has 3 rings (SSSR count). The Kier molecular flexibility index (Phi) is 3.39. The number of fused-ring (bicyclic) bond motifs is 1. The summed E-state index contributed by atoms with van der Waals surface area (Å²) in [6.07, 6.45) is 0.873. The molecule has 0 saturated carbocycles. The molecule has 2 N–H and O–H groups in total. The third-order valence-corrected chi connectivity index (χ3v) is 4.70. The molecule has 21 heavy (non-hydrogen) atoms. The fraction of sp³-hybridized carbons (Fsp3) is 0.133. The number of aromatic amines is 1. The number of para-hydroxylation sites is 1. The van der Waals surface area contributed by atoms with Gasteiger partial charge in [0.05, 0.1) is 10.4 Å². The molecule has 0 spiro atoms. The van der Waals surface area contributed by atoms with Crippen molar-refractivity contribution < 1.29 is 8.42 Å². The molecule has 0 amide bonds. The fourth-order valence-electron chi connectivity index (χ4n) is 2.13. The highest BCUT2D eigenvalue weighted by atomic mass is 32.2. The fourth-order valence-corrected chi connectivity index (χ4v) is 3.15. The number of aromatic nitrogens is 2. The summed E-state index contributed by atoms with van der Waals surface area (Å²) in [5, 5.41) is 7.57. The van der Waals surface area contributed by atoms with Gasteiger partial charge >= 0.3 is 0 Å². The Morgan fingerprint density at radius 2 is 1.81 bits per heavy atom. The van der Waals surface area contributed by atoms with E-state index in [1.165, 1.54) is 0 Å². The summed E-state index contributed by atoms with van der Waals surface area (Å²) in [7, 11) is -3.63. The van der Waals surface area contributed by atoms with Gasteiger partial charge in [-0.15, -0.1) is 0 Å². The number of hydrogen-bond donors (Lipinski definition) is 2. The van der Waals surface area contributed by atoms with Crippen LogP contribution in [0.5, 0.6) is 0 Å². The van der Waals surface area contributed by atoms with E-state index in [2.05, 4.69) is 14.9 Å². The topological polar surface area (TPSA) is 74.8 Å². The minimum Gasteiger partial charge on any atom is -0.276 e. The molecule has 0 aliphatic rings. The van der Waals surface area contributed by atoms with Gasteiger partial charge in [-0.05, 0) is 36.2 Å². The second-order valence-corrected chi connectivity index (χ2v) is 6.40. The molecule has 6 heteroatoms. The van der Waals surface area contributed by atoms with Crippen LogP contribution in [0.15, 0.2) is 53.4 Å². The molecule has 3 aromatic rings. The van der Waals surface area contributed by atoms with Gasteiger partial charge in [-0.1, -0.05) is 31.2 Å². The molecular formula is C15H15N3O2S. The monoisotopic (exact) mass is 301 g/mol. The first-order chi connectivity index (χ1) is 10.1. The molecule has 1 heterocycles. The van der Waals surface area contributed by atoms with Crippen LogP contribution >= 0.6 is 0 Å². The van der Waals surface area contributed by atoms with Crippen LogP contribution in [-0.4, -0.2) is 18.6 Å². The molecule has 0 radical (unpaired) electrons. The minimum absolute atomic E-state index is 0.229. The van der Waals surface area contributed by atoms with Gasteiger partial charge in [0, 0.05) is 5.39 Å². The van der Waals surface area contributed by atoms with Gasteiger partial charge in [0.15, 0.2) is 5.82 Å². The lowest BCUT2D eigenvalue weighted by Crippen LogP contribution is -2.13. The predicted molar refractivity (Wildman–Crippen MR) is 82.7 cm³/mol. The van der Waals surface area contributed by atoms with E-state index in [-0.39, 0.29) is 4.90 Å². The van der Waals surface area contributed by atoms with Crippen molar-refractivity contribution in [2.45, 2.75) is 18.2 Å². The quantitative estimate of drug-likeness (QED) is 0.778. The van der Waals surface area contributed by atoms with Crippen LogP contribution in [0.1, 0.15) is 12.5 Å². The number of aryl methyl sites for hydroxylation is 1. The third-order valence-electron chi connectivity index (χ3n) is 3.34. The molecule has 0 atom stereocenters. The molecule has 2 aromatic carbocycles. The van der Waals surface area contributed by atoms with Crippen molar-refractivity contribution in [1.29, 1.82) is 0 Å². The number of nitrogens with zero attached hydrogens (tertiary/aromatic N) is 1. The van der Waals surface area contributed by atoms with Gasteiger partial charge < -0.3 is 0 Å². The van der Waals surface area contributed by atoms with E-state index < -0.39 is 10.0 Å². The van der Waals surface area contributed by atoms with Crippen LogP contribution < -0.4 is 4.72 Å². The average Bonchev–Trinajstić information content (AvgIpc) is 2.90. The van der Waals surface area contributed by atoms with Crippen LogP contribution in [0, 0.1) is 0 Å². The first-order valence-electron chi connectivity index (χ1n) is 6.65. The molecule has 5 nitrogen and oxygen atoms in total. The second kappa shape index (κ2) is 5.21. The zero-order valence-electron chi connectivity index (χ0n) is 11.5. The van der Waals surface area contributed by atoms with Gasteiger partial charge in [0.1, 0.15) is 0 Å². The smallest absolute Gasteiger partial charge is 0.263 e. The molecule has 0 fully saturated rings. The summed E-state index contributed by atoms with van der Waals surface area (Å²) in [5.41, 5.74) is 1.88. The predicted octanol–water partition coefficient (Wildman–Crippen LogP) is 2.93. The van der Waals surface area contributed by atoms with Gasteiger partial charge in [0.25, 0.3) is 10.0 Å². The Morgan fingerprint density at radius 3 is 2.52 bits per heavy atom. The molecule has 108 valence electrons. The number of benzene rings is 2. The number of hydrogen-bond acceptors (Lipinski definition) is 3. The third kappa shape index (κ3) is 2.62. The van der Waals surface area contributed by atoms with Crippen molar-refractivity contribution in [3.05, 3.63) is 54.1 Å². The SMILES string of the molecule is CCc1ccc(S(=O)(=O)Nc2n[nH]c3ccccc23)cc1. The van der Waals surface area contributed by atoms with E-state index in [1.807, 2.05) is 43.3 Å². The highest BCUT2D eigenvalue weighted by Crippen LogP contribution is 2.22. The zero-order valence-corrected chi connectivity index (χ0v) is 12.3. The van der Waals surface area contributed by atoms with E-state index in [0.29, 0.717) is 5.82 Å². The maximum absolute atomic E-state index is 12.4. The van der Waals surface area contributed by atoms with E-state index in [1.54, 1.807) is 12.1 Å². The second-order valence-electron chi connectivity index (χ2n) is 4.72. The summed E-state index contributed by atoms with van der Waals surface area (Å²) >= 11 is 0. The summed E-state index contributed by atoms with van der Waals surface area (Å²) in [4.78, 5) is 0.229. The van der Waals surface area contributed by atoms with Crippen molar-refractivity contribution in [3.63, 3.8) is 0 Å². The van der Waals surface area contributed by atoms with Gasteiger partial charge in [0.2, 0.25) is 0 Å². The van der Waals surface area contributed by atoms with Crippen molar-refractivity contribution >= 4 is 26.7 Å². The summed E-state index contributed by atoms with van der Waals surface area (Å²) in [5.74, 6) is 0.310. The Hall–Kier alpha value is -2.34. The standard InChI is InChI=1S/C15H15N3O2S/c1-2-11-7-9-12(10-8-11)21(19,20)18-15-13-5-3-4-6-14(13)16-17-15/h3-10H,2H2,1H3,(H2,16,17,18). The first kappa shape index (κ1) is 13.6. The molecule has 0 aliphatic heterocycles. The lowest BCUT2D eigenvalue weighted by molar-refractivity contribution is 0.601. The summed E-state index contributed by atoms with van der Waals surface area (Å²) < 4.78 is 27.3. The molecule has 1 aromatic heterocycles. The lowest BCUT2D eigenvalue weighted by Gasteiger charge is -2.06. The first-order valence-corrected chi connectivity index (χ1v) is 8.13. The van der Waals surface area contributed by atoms with Crippen molar-refractivity contribution in [1.82, 2.24) is 10.2 Å². The van der Waals surface area contributed by atoms with Gasteiger partial charge in [-0.25, -0.2) is 8.42 Å². The molecule has 0 unspecified atom stereocenters. The number of rotatable bonds is 4. The van der Waals surface area contributed by atoms with Gasteiger partial charge in [-0.3, -0.25) is 9.82 Å². The van der Waals surface area contributed by atoms with Crippen LogP contribution in [0.25, 0.3) is 10.9 Å².